The first-order valence-electron chi connectivity index (χ1n) is 14.2. The van der Waals surface area contributed by atoms with Crippen LogP contribution in [0.4, 0.5) is 19.5 Å². The van der Waals surface area contributed by atoms with Crippen LogP contribution in [0.5, 0.6) is 5.88 Å². The van der Waals surface area contributed by atoms with E-state index in [4.69, 9.17) is 9.47 Å². The van der Waals surface area contributed by atoms with Crippen LogP contribution in [0, 0.1) is 0 Å². The number of alkyl carbamates (subject to hydrolysis) is 1. The van der Waals surface area contributed by atoms with E-state index in [0.29, 0.717) is 75.0 Å². The minimum absolute atomic E-state index is 0.0533. The summed E-state index contributed by atoms with van der Waals surface area (Å²) in [7, 11) is 1.27. The number of methoxy groups -OCH3 is 1. The van der Waals surface area contributed by atoms with Gasteiger partial charge in [0.05, 0.1) is 31.4 Å². The summed E-state index contributed by atoms with van der Waals surface area (Å²) in [6.07, 6.45) is -0.210. The molecule has 2 saturated heterocycles. The number of aromatic nitrogens is 4. The lowest BCUT2D eigenvalue weighted by Gasteiger charge is -2.34. The highest BCUT2D eigenvalue weighted by molar-refractivity contribution is 5.87. The van der Waals surface area contributed by atoms with Gasteiger partial charge in [-0.15, -0.1) is 0 Å². The second-order valence-electron chi connectivity index (χ2n) is 10.6. The summed E-state index contributed by atoms with van der Waals surface area (Å²) in [6, 6.07) is 8.02. The van der Waals surface area contributed by atoms with Crippen LogP contribution in [-0.4, -0.2) is 94.6 Å². The molecule has 0 bridgehead atoms. The number of rotatable bonds is 7. The summed E-state index contributed by atoms with van der Waals surface area (Å²) < 4.78 is 46.1. The van der Waals surface area contributed by atoms with E-state index in [1.54, 1.807) is 30.3 Å². The van der Waals surface area contributed by atoms with Gasteiger partial charge >= 0.3 is 6.09 Å². The van der Waals surface area contributed by atoms with Crippen LogP contribution < -0.4 is 15.0 Å². The van der Waals surface area contributed by atoms with Gasteiger partial charge in [0.15, 0.2) is 5.82 Å². The van der Waals surface area contributed by atoms with Crippen LogP contribution in [0.3, 0.4) is 0 Å². The Balaban J connectivity index is 1.22. The average molecular weight is 586 g/mol. The number of carbonyl (C=O) groups is 2. The van der Waals surface area contributed by atoms with Gasteiger partial charge in [0.25, 0.3) is 6.43 Å². The molecular formula is C28H33F2N7O5. The molecule has 14 heteroatoms. The second-order valence-corrected chi connectivity index (χ2v) is 10.6. The number of anilines is 1. The van der Waals surface area contributed by atoms with Gasteiger partial charge in [-0.2, -0.15) is 9.97 Å². The van der Waals surface area contributed by atoms with E-state index in [1.807, 2.05) is 9.80 Å². The molecule has 3 aliphatic rings. The summed E-state index contributed by atoms with van der Waals surface area (Å²) in [5, 5.41) is 2.60. The van der Waals surface area contributed by atoms with Crippen LogP contribution in [-0.2, 0) is 14.3 Å². The third kappa shape index (κ3) is 5.67. The van der Waals surface area contributed by atoms with Crippen molar-refractivity contribution in [2.45, 2.75) is 56.7 Å². The first-order chi connectivity index (χ1) is 20.4. The highest BCUT2D eigenvalue weighted by atomic mass is 19.3. The molecule has 3 fully saturated rings. The predicted octanol–water partition coefficient (Wildman–Crippen LogP) is 3.24. The Hall–Kier alpha value is -4.07. The van der Waals surface area contributed by atoms with Crippen molar-refractivity contribution in [2.24, 2.45) is 0 Å². The molecule has 1 atom stereocenters. The van der Waals surface area contributed by atoms with Crippen molar-refractivity contribution in [1.29, 1.82) is 0 Å². The minimum Gasteiger partial charge on any atom is -0.474 e. The van der Waals surface area contributed by atoms with E-state index < -0.39 is 24.4 Å². The van der Waals surface area contributed by atoms with Gasteiger partial charge in [-0.05, 0) is 44.2 Å². The number of ether oxygens (including phenoxy) is 3. The van der Waals surface area contributed by atoms with Gasteiger partial charge < -0.3 is 29.3 Å². The first kappa shape index (κ1) is 28.1. The zero-order valence-electron chi connectivity index (χ0n) is 23.2. The van der Waals surface area contributed by atoms with Crippen LogP contribution in [0.2, 0.25) is 0 Å². The molecule has 6 rings (SSSR count). The first-order valence-corrected chi connectivity index (χ1v) is 14.2. The molecule has 224 valence electrons. The summed E-state index contributed by atoms with van der Waals surface area (Å²) in [5.41, 5.74) is 0.960. The van der Waals surface area contributed by atoms with Crippen molar-refractivity contribution in [3.63, 3.8) is 0 Å². The van der Waals surface area contributed by atoms with E-state index in [1.165, 1.54) is 11.7 Å². The SMILES string of the molecule is COC(=O)N[C@@H]1CCN(C2CCC(Oc3cc(-n4c(C(F)F)nc5ccccc54)nc(N4CCOCC4)n3)CC2)C1=O. The number of likely N-dealkylation sites (tertiary alicyclic amines) is 1. The Kier molecular flexibility index (Phi) is 8.05. The van der Waals surface area contributed by atoms with E-state index in [0.717, 1.165) is 12.8 Å². The fraction of sp³-hybridized carbons (Fsp3) is 0.536. The number of para-hydroxylation sites is 2. The number of nitrogens with one attached hydrogen (secondary N) is 1. The largest absolute Gasteiger partial charge is 0.474 e. The van der Waals surface area contributed by atoms with Gasteiger partial charge in [0, 0.05) is 31.7 Å². The molecule has 1 N–H and O–H groups in total. The van der Waals surface area contributed by atoms with Crippen molar-refractivity contribution >= 4 is 29.0 Å². The molecule has 0 unspecified atom stereocenters. The van der Waals surface area contributed by atoms with Crippen LogP contribution in [0.1, 0.15) is 44.4 Å². The second kappa shape index (κ2) is 12.0. The third-order valence-corrected chi connectivity index (χ3v) is 8.07. The number of alkyl halides is 2. The Morgan fingerprint density at radius 1 is 1.05 bits per heavy atom. The molecule has 1 aromatic carbocycles. The Bertz CT molecular complexity index is 1440. The third-order valence-electron chi connectivity index (χ3n) is 8.07. The number of halogens is 2. The Labute approximate surface area is 240 Å². The number of fused-ring (bicyclic) bond motifs is 1. The molecule has 12 nitrogen and oxygen atoms in total. The maximum absolute atomic E-state index is 14.1. The number of morpholine rings is 1. The normalized spacial score (nSPS) is 23.0. The van der Waals surface area contributed by atoms with Gasteiger partial charge in [-0.25, -0.2) is 18.6 Å². The maximum atomic E-state index is 14.1. The molecule has 2 aliphatic heterocycles. The molecule has 2 amide bonds. The maximum Gasteiger partial charge on any atom is 0.407 e. The van der Waals surface area contributed by atoms with Crippen LogP contribution in [0.15, 0.2) is 30.3 Å². The predicted molar refractivity (Wildman–Crippen MR) is 147 cm³/mol. The molecule has 4 heterocycles. The lowest BCUT2D eigenvalue weighted by molar-refractivity contribution is -0.132. The highest BCUT2D eigenvalue weighted by Crippen LogP contribution is 2.32. The number of amides is 2. The molecule has 1 aliphatic carbocycles. The summed E-state index contributed by atoms with van der Waals surface area (Å²) >= 11 is 0. The average Bonchev–Trinajstić information content (AvgIpc) is 3.58. The van der Waals surface area contributed by atoms with Gasteiger partial charge in [-0.3, -0.25) is 9.36 Å². The molecule has 2 aromatic heterocycles. The zero-order valence-corrected chi connectivity index (χ0v) is 23.2. The number of imidazole rings is 1. The molecule has 1 saturated carbocycles. The van der Waals surface area contributed by atoms with Crippen molar-refractivity contribution in [2.75, 3.05) is 44.9 Å². The van der Waals surface area contributed by atoms with Gasteiger partial charge in [0.1, 0.15) is 18.0 Å². The van der Waals surface area contributed by atoms with Crippen LogP contribution >= 0.6 is 0 Å². The van der Waals surface area contributed by atoms with E-state index in [9.17, 15) is 18.4 Å². The number of carbonyl (C=O) groups excluding carboxylic acids is 2. The molecule has 42 heavy (non-hydrogen) atoms. The number of nitrogens with zero attached hydrogens (tertiary/aromatic N) is 6. The molecule has 0 spiro atoms. The Morgan fingerprint density at radius 3 is 2.55 bits per heavy atom. The molecule has 0 radical (unpaired) electrons. The monoisotopic (exact) mass is 585 g/mol. The number of benzene rings is 1. The van der Waals surface area contributed by atoms with Crippen molar-refractivity contribution in [3.05, 3.63) is 36.2 Å². The lowest BCUT2D eigenvalue weighted by atomic mass is 9.92. The molecular weight excluding hydrogens is 552 g/mol. The van der Waals surface area contributed by atoms with Crippen molar-refractivity contribution in [3.8, 4) is 11.7 Å². The summed E-state index contributed by atoms with van der Waals surface area (Å²) in [4.78, 5) is 41.7. The van der Waals surface area contributed by atoms with Crippen molar-refractivity contribution in [1.82, 2.24) is 29.7 Å². The van der Waals surface area contributed by atoms with E-state index in [-0.39, 0.29) is 23.9 Å². The standard InChI is InChI=1S/C28H33F2N7O5/c1-40-28(39)32-20-10-11-36(26(20)38)17-6-8-18(9-7-17)42-23-16-22(33-27(34-23)35-12-14-41-15-13-35)37-21-5-3-2-4-19(21)31-25(37)24(29)30/h2-5,16-18,20,24H,6-15H2,1H3,(H,32,39)/t17?,18?,20-/m1/s1. The van der Waals surface area contributed by atoms with Crippen LogP contribution in [0.25, 0.3) is 16.9 Å². The zero-order chi connectivity index (χ0) is 29.2. The number of hydrogen-bond donors (Lipinski definition) is 1. The fourth-order valence-corrected chi connectivity index (χ4v) is 5.96. The van der Waals surface area contributed by atoms with E-state index in [2.05, 4.69) is 25.0 Å². The quantitative estimate of drug-likeness (QED) is 0.445. The van der Waals surface area contributed by atoms with Crippen molar-refractivity contribution < 1.29 is 32.6 Å². The van der Waals surface area contributed by atoms with Gasteiger partial charge in [-0.1, -0.05) is 12.1 Å². The minimum atomic E-state index is -2.81. The summed E-state index contributed by atoms with van der Waals surface area (Å²) in [5.74, 6) is 0.435. The number of hydrogen-bond acceptors (Lipinski definition) is 9. The lowest BCUT2D eigenvalue weighted by Crippen LogP contribution is -2.46. The molecule has 3 aromatic rings. The fourth-order valence-electron chi connectivity index (χ4n) is 5.96. The van der Waals surface area contributed by atoms with E-state index >= 15 is 0 Å². The Morgan fingerprint density at radius 2 is 1.81 bits per heavy atom. The topological polar surface area (TPSA) is 124 Å². The smallest absolute Gasteiger partial charge is 0.407 e. The summed E-state index contributed by atoms with van der Waals surface area (Å²) in [6.45, 7) is 2.73. The highest BCUT2D eigenvalue weighted by Gasteiger charge is 2.38. The van der Waals surface area contributed by atoms with Gasteiger partial charge in [0.2, 0.25) is 17.7 Å².